The number of benzene rings is 1. The summed E-state index contributed by atoms with van der Waals surface area (Å²) in [5.74, 6) is -0.612. The van der Waals surface area contributed by atoms with Crippen molar-refractivity contribution >= 4 is 35.0 Å². The van der Waals surface area contributed by atoms with Gasteiger partial charge in [0.25, 0.3) is 0 Å². The fourth-order valence-corrected chi connectivity index (χ4v) is 2.89. The first kappa shape index (κ1) is 18.1. The number of nitrogens with zero attached hydrogens (tertiary/aromatic N) is 1. The Bertz CT molecular complexity index is 559. The molecule has 0 atom stereocenters. The van der Waals surface area contributed by atoms with Crippen LogP contribution in [0.3, 0.4) is 0 Å². The van der Waals surface area contributed by atoms with Gasteiger partial charge in [-0.2, -0.15) is 0 Å². The van der Waals surface area contributed by atoms with E-state index in [-0.39, 0.29) is 22.2 Å². The molecule has 0 bridgehead atoms. The quantitative estimate of drug-likeness (QED) is 0.757. The van der Waals surface area contributed by atoms with Gasteiger partial charge in [0.15, 0.2) is 5.82 Å². The SMILES string of the molecule is CC(C)(C)OC(=O)N1CCC(Nc2cc(Cl)c(F)c(Cl)c2)CC1. The number of rotatable bonds is 2. The zero-order valence-corrected chi connectivity index (χ0v) is 15.0. The highest BCUT2D eigenvalue weighted by molar-refractivity contribution is 6.35. The number of piperidine rings is 1. The largest absolute Gasteiger partial charge is 0.444 e. The van der Waals surface area contributed by atoms with Gasteiger partial charge >= 0.3 is 6.09 Å². The van der Waals surface area contributed by atoms with Crippen LogP contribution in [-0.4, -0.2) is 35.7 Å². The summed E-state index contributed by atoms with van der Waals surface area (Å²) < 4.78 is 18.8. The number of likely N-dealkylation sites (tertiary alicyclic amines) is 1. The minimum absolute atomic E-state index is 0.00816. The predicted molar refractivity (Wildman–Crippen MR) is 90.9 cm³/mol. The molecule has 1 aromatic carbocycles. The Morgan fingerprint density at radius 3 is 2.26 bits per heavy atom. The number of ether oxygens (including phenoxy) is 1. The molecule has 1 aliphatic heterocycles. The van der Waals surface area contributed by atoms with E-state index in [9.17, 15) is 9.18 Å². The first-order valence-corrected chi connectivity index (χ1v) is 8.30. The smallest absolute Gasteiger partial charge is 0.410 e. The van der Waals surface area contributed by atoms with Gasteiger partial charge in [0.05, 0.1) is 10.0 Å². The summed E-state index contributed by atoms with van der Waals surface area (Å²) >= 11 is 11.6. The molecular formula is C16H21Cl2FN2O2. The van der Waals surface area contributed by atoms with E-state index in [1.54, 1.807) is 4.90 Å². The van der Waals surface area contributed by atoms with Gasteiger partial charge in [-0.25, -0.2) is 9.18 Å². The van der Waals surface area contributed by atoms with Gasteiger partial charge in [-0.05, 0) is 45.7 Å². The molecule has 0 saturated carbocycles. The van der Waals surface area contributed by atoms with Crippen molar-refractivity contribution in [3.05, 3.63) is 28.0 Å². The van der Waals surface area contributed by atoms with Gasteiger partial charge in [0.1, 0.15) is 5.60 Å². The predicted octanol–water partition coefficient (Wildman–Crippen LogP) is 4.94. The van der Waals surface area contributed by atoms with Crippen molar-refractivity contribution in [1.29, 1.82) is 0 Å². The van der Waals surface area contributed by atoms with Gasteiger partial charge in [0, 0.05) is 24.8 Å². The second-order valence-corrected chi connectivity index (χ2v) is 7.45. The lowest BCUT2D eigenvalue weighted by Crippen LogP contribution is -2.44. The summed E-state index contributed by atoms with van der Waals surface area (Å²) in [4.78, 5) is 13.7. The van der Waals surface area contributed by atoms with Gasteiger partial charge in [-0.3, -0.25) is 0 Å². The molecule has 1 amide bonds. The average molecular weight is 363 g/mol. The molecule has 7 heteroatoms. The first-order valence-electron chi connectivity index (χ1n) is 7.55. The van der Waals surface area contributed by atoms with E-state index in [1.165, 1.54) is 12.1 Å². The Morgan fingerprint density at radius 1 is 1.26 bits per heavy atom. The molecule has 1 aliphatic rings. The number of carbonyl (C=O) groups is 1. The standard InChI is InChI=1S/C16H21Cl2FN2O2/c1-16(2,3)23-15(22)21-6-4-10(5-7-21)20-11-8-12(17)14(19)13(18)9-11/h8-10,20H,4-7H2,1-3H3. The molecule has 0 unspecified atom stereocenters. The molecule has 1 N–H and O–H groups in total. The van der Waals surface area contributed by atoms with Crippen LogP contribution in [-0.2, 0) is 4.74 Å². The number of hydrogen-bond acceptors (Lipinski definition) is 3. The zero-order valence-electron chi connectivity index (χ0n) is 13.5. The zero-order chi connectivity index (χ0) is 17.2. The summed E-state index contributed by atoms with van der Waals surface area (Å²) in [6.07, 6.45) is 1.25. The van der Waals surface area contributed by atoms with E-state index >= 15 is 0 Å². The Labute approximate surface area is 145 Å². The maximum atomic E-state index is 13.4. The topological polar surface area (TPSA) is 41.6 Å². The van der Waals surface area contributed by atoms with E-state index in [1.807, 2.05) is 20.8 Å². The lowest BCUT2D eigenvalue weighted by atomic mass is 10.0. The molecule has 0 aliphatic carbocycles. The van der Waals surface area contributed by atoms with Crippen molar-refractivity contribution in [1.82, 2.24) is 4.90 Å². The number of nitrogens with one attached hydrogen (secondary N) is 1. The highest BCUT2D eigenvalue weighted by atomic mass is 35.5. The van der Waals surface area contributed by atoms with E-state index in [0.29, 0.717) is 18.8 Å². The van der Waals surface area contributed by atoms with Gasteiger partial charge in [-0.1, -0.05) is 23.2 Å². The summed E-state index contributed by atoms with van der Waals surface area (Å²) in [7, 11) is 0. The van der Waals surface area contributed by atoms with E-state index in [2.05, 4.69) is 5.32 Å². The second-order valence-electron chi connectivity index (χ2n) is 6.64. The van der Waals surface area contributed by atoms with Crippen LogP contribution >= 0.6 is 23.2 Å². The van der Waals surface area contributed by atoms with Crippen LogP contribution in [0.25, 0.3) is 0 Å². The van der Waals surface area contributed by atoms with Crippen LogP contribution in [0.1, 0.15) is 33.6 Å². The molecule has 0 spiro atoms. The highest BCUT2D eigenvalue weighted by Crippen LogP contribution is 2.28. The molecule has 128 valence electrons. The molecule has 1 aromatic rings. The fraction of sp³-hybridized carbons (Fsp3) is 0.562. The number of anilines is 1. The molecule has 0 radical (unpaired) electrons. The van der Waals surface area contributed by atoms with Crippen LogP contribution in [0, 0.1) is 5.82 Å². The molecule has 2 rings (SSSR count). The number of halogens is 3. The van der Waals surface area contributed by atoms with E-state index in [4.69, 9.17) is 27.9 Å². The Balaban J connectivity index is 1.89. The van der Waals surface area contributed by atoms with Crippen LogP contribution in [0.4, 0.5) is 14.9 Å². The summed E-state index contributed by atoms with van der Waals surface area (Å²) in [6, 6.07) is 3.21. The van der Waals surface area contributed by atoms with Crippen molar-refractivity contribution in [3.63, 3.8) is 0 Å². The Morgan fingerprint density at radius 2 is 1.78 bits per heavy atom. The lowest BCUT2D eigenvalue weighted by molar-refractivity contribution is 0.0210. The van der Waals surface area contributed by atoms with Crippen molar-refractivity contribution in [3.8, 4) is 0 Å². The van der Waals surface area contributed by atoms with E-state index in [0.717, 1.165) is 12.8 Å². The molecular weight excluding hydrogens is 342 g/mol. The van der Waals surface area contributed by atoms with Crippen molar-refractivity contribution in [2.24, 2.45) is 0 Å². The molecule has 1 heterocycles. The second kappa shape index (κ2) is 7.14. The van der Waals surface area contributed by atoms with Gasteiger partial charge in [0.2, 0.25) is 0 Å². The maximum Gasteiger partial charge on any atom is 0.410 e. The first-order chi connectivity index (χ1) is 10.7. The molecule has 23 heavy (non-hydrogen) atoms. The van der Waals surface area contributed by atoms with Crippen LogP contribution in [0.2, 0.25) is 10.0 Å². The normalized spacial score (nSPS) is 16.3. The number of hydrogen-bond donors (Lipinski definition) is 1. The van der Waals surface area contributed by atoms with E-state index < -0.39 is 11.4 Å². The highest BCUT2D eigenvalue weighted by Gasteiger charge is 2.26. The third-order valence-electron chi connectivity index (χ3n) is 3.50. The molecule has 1 fully saturated rings. The average Bonchev–Trinajstić information content (AvgIpc) is 2.43. The van der Waals surface area contributed by atoms with Crippen LogP contribution in [0.15, 0.2) is 12.1 Å². The minimum Gasteiger partial charge on any atom is -0.444 e. The molecule has 4 nitrogen and oxygen atoms in total. The number of carbonyl (C=O) groups excluding carboxylic acids is 1. The molecule has 0 aromatic heterocycles. The summed E-state index contributed by atoms with van der Waals surface area (Å²) in [5, 5.41) is 3.27. The van der Waals surface area contributed by atoms with Gasteiger partial charge < -0.3 is 15.0 Å². The third kappa shape index (κ3) is 5.15. The van der Waals surface area contributed by atoms with Crippen molar-refractivity contribution in [2.75, 3.05) is 18.4 Å². The van der Waals surface area contributed by atoms with Crippen LogP contribution in [0.5, 0.6) is 0 Å². The number of amides is 1. The molecule has 1 saturated heterocycles. The summed E-state index contributed by atoms with van der Waals surface area (Å²) in [5.41, 5.74) is 0.186. The third-order valence-corrected chi connectivity index (χ3v) is 4.05. The lowest BCUT2D eigenvalue weighted by Gasteiger charge is -2.34. The maximum absolute atomic E-state index is 13.4. The van der Waals surface area contributed by atoms with Crippen LogP contribution < -0.4 is 5.32 Å². The summed E-state index contributed by atoms with van der Waals surface area (Å²) in [6.45, 7) is 6.76. The monoisotopic (exact) mass is 362 g/mol. The Hall–Kier alpha value is -1.20. The Kier molecular flexibility index (Phi) is 5.63. The van der Waals surface area contributed by atoms with Crippen molar-refractivity contribution < 1.29 is 13.9 Å². The minimum atomic E-state index is -0.612. The fourth-order valence-electron chi connectivity index (χ4n) is 2.41. The van der Waals surface area contributed by atoms with Gasteiger partial charge in [-0.15, -0.1) is 0 Å². The van der Waals surface area contributed by atoms with Crippen molar-refractivity contribution in [2.45, 2.75) is 45.3 Å².